The molecule has 0 fully saturated rings. The Morgan fingerprint density at radius 3 is 2.52 bits per heavy atom. The van der Waals surface area contributed by atoms with Gasteiger partial charge in [0.1, 0.15) is 21.7 Å². The molecule has 0 saturated carbocycles. The summed E-state index contributed by atoms with van der Waals surface area (Å²) in [6, 6.07) is 14.5. The summed E-state index contributed by atoms with van der Waals surface area (Å²) in [5, 5.41) is 8.99. The zero-order valence-electron chi connectivity index (χ0n) is 15.1. The van der Waals surface area contributed by atoms with Gasteiger partial charge in [-0.15, -0.1) is 11.3 Å². The molecule has 27 heavy (non-hydrogen) atoms. The molecule has 0 amide bonds. The second-order valence-electron chi connectivity index (χ2n) is 6.16. The van der Waals surface area contributed by atoms with Gasteiger partial charge in [-0.3, -0.25) is 4.72 Å². The summed E-state index contributed by atoms with van der Waals surface area (Å²) in [4.78, 5) is 7.58. The molecule has 0 atom stereocenters. The molecule has 0 spiro atoms. The van der Waals surface area contributed by atoms with E-state index in [4.69, 9.17) is 5.26 Å². The number of nitriles is 1. The van der Waals surface area contributed by atoms with E-state index in [-0.39, 0.29) is 4.90 Å². The zero-order chi connectivity index (χ0) is 19.6. The molecule has 0 unspecified atom stereocenters. The molecule has 0 aliphatic rings. The SMILES string of the molecule is Cc1ccc(-c2ccc(C#N)s2)cc1NS(=O)(=O)c1ccc(N(C)C)nc1. The number of rotatable bonds is 5. The molecule has 2 aromatic heterocycles. The molecular formula is C19H18N4O2S2. The highest BCUT2D eigenvalue weighted by molar-refractivity contribution is 7.92. The van der Waals surface area contributed by atoms with Gasteiger partial charge in [0.2, 0.25) is 0 Å². The van der Waals surface area contributed by atoms with E-state index in [1.54, 1.807) is 23.1 Å². The number of benzene rings is 1. The van der Waals surface area contributed by atoms with E-state index in [0.717, 1.165) is 16.0 Å². The first-order valence-corrected chi connectivity index (χ1v) is 10.4. The standard InChI is InChI=1S/C19H18N4O2S2/c1-13-4-5-14(18-8-6-15(11-20)26-18)10-17(13)22-27(24,25)16-7-9-19(21-12-16)23(2)3/h4-10,12,22H,1-3H3. The summed E-state index contributed by atoms with van der Waals surface area (Å²) >= 11 is 1.37. The maximum absolute atomic E-state index is 12.7. The van der Waals surface area contributed by atoms with E-state index in [2.05, 4.69) is 15.8 Å². The molecule has 3 rings (SSSR count). The fourth-order valence-corrected chi connectivity index (χ4v) is 4.30. The van der Waals surface area contributed by atoms with Gasteiger partial charge in [0.25, 0.3) is 10.0 Å². The molecule has 0 aliphatic carbocycles. The predicted molar refractivity (Wildman–Crippen MR) is 109 cm³/mol. The van der Waals surface area contributed by atoms with Crippen LogP contribution in [-0.4, -0.2) is 27.5 Å². The minimum absolute atomic E-state index is 0.0980. The third-order valence-corrected chi connectivity index (χ3v) is 6.36. The molecule has 2 heterocycles. The molecule has 1 N–H and O–H groups in total. The summed E-state index contributed by atoms with van der Waals surface area (Å²) in [6.07, 6.45) is 1.34. The molecule has 0 radical (unpaired) electrons. The summed E-state index contributed by atoms with van der Waals surface area (Å²) in [5.41, 5.74) is 2.15. The van der Waals surface area contributed by atoms with Crippen LogP contribution in [0, 0.1) is 18.3 Å². The van der Waals surface area contributed by atoms with Crippen molar-refractivity contribution in [1.29, 1.82) is 5.26 Å². The third-order valence-electron chi connectivity index (χ3n) is 3.97. The third kappa shape index (κ3) is 4.10. The van der Waals surface area contributed by atoms with Gasteiger partial charge in [0.05, 0.1) is 5.69 Å². The van der Waals surface area contributed by atoms with Crippen LogP contribution in [0.2, 0.25) is 0 Å². The van der Waals surface area contributed by atoms with Crippen LogP contribution in [-0.2, 0) is 10.0 Å². The number of thiophene rings is 1. The summed E-state index contributed by atoms with van der Waals surface area (Å²) in [5.74, 6) is 0.679. The quantitative estimate of drug-likeness (QED) is 0.705. The fourth-order valence-electron chi connectivity index (χ4n) is 2.44. The van der Waals surface area contributed by atoms with Crippen LogP contribution in [0.25, 0.3) is 10.4 Å². The molecule has 0 bridgehead atoms. The molecule has 8 heteroatoms. The number of hydrogen-bond donors (Lipinski definition) is 1. The lowest BCUT2D eigenvalue weighted by Gasteiger charge is -2.14. The van der Waals surface area contributed by atoms with E-state index >= 15 is 0 Å². The lowest BCUT2D eigenvalue weighted by Crippen LogP contribution is -2.15. The highest BCUT2D eigenvalue weighted by Gasteiger charge is 2.17. The maximum Gasteiger partial charge on any atom is 0.263 e. The lowest BCUT2D eigenvalue weighted by molar-refractivity contribution is 0.601. The first-order chi connectivity index (χ1) is 12.8. The molecular weight excluding hydrogens is 380 g/mol. The van der Waals surface area contributed by atoms with Gasteiger partial charge >= 0.3 is 0 Å². The van der Waals surface area contributed by atoms with E-state index in [0.29, 0.717) is 16.4 Å². The Bertz CT molecular complexity index is 1110. The average Bonchev–Trinajstić information content (AvgIpc) is 3.12. The van der Waals surface area contributed by atoms with Gasteiger partial charge in [-0.2, -0.15) is 5.26 Å². The Labute approximate surface area is 162 Å². The van der Waals surface area contributed by atoms with Crippen molar-refractivity contribution in [3.63, 3.8) is 0 Å². The number of sulfonamides is 1. The zero-order valence-corrected chi connectivity index (χ0v) is 16.7. The average molecular weight is 399 g/mol. The first kappa shape index (κ1) is 18.9. The minimum atomic E-state index is -3.76. The van der Waals surface area contributed by atoms with Crippen molar-refractivity contribution >= 4 is 32.9 Å². The normalized spacial score (nSPS) is 11.0. The van der Waals surface area contributed by atoms with Crippen LogP contribution in [0.15, 0.2) is 53.6 Å². The highest BCUT2D eigenvalue weighted by Crippen LogP contribution is 2.31. The Morgan fingerprint density at radius 1 is 1.15 bits per heavy atom. The number of nitrogens with one attached hydrogen (secondary N) is 1. The molecule has 3 aromatic rings. The first-order valence-electron chi connectivity index (χ1n) is 8.07. The maximum atomic E-state index is 12.7. The van der Waals surface area contributed by atoms with Crippen molar-refractivity contribution in [2.24, 2.45) is 0 Å². The van der Waals surface area contributed by atoms with Crippen LogP contribution < -0.4 is 9.62 Å². The minimum Gasteiger partial charge on any atom is -0.363 e. The van der Waals surface area contributed by atoms with Crippen LogP contribution in [0.5, 0.6) is 0 Å². The Hall–Kier alpha value is -2.89. The van der Waals surface area contributed by atoms with E-state index in [1.165, 1.54) is 23.6 Å². The number of anilines is 2. The van der Waals surface area contributed by atoms with E-state index in [1.807, 2.05) is 39.2 Å². The number of nitrogens with zero attached hydrogens (tertiary/aromatic N) is 3. The Kier molecular flexibility index (Phi) is 5.17. The van der Waals surface area contributed by atoms with Crippen LogP contribution in [0.3, 0.4) is 0 Å². The largest absolute Gasteiger partial charge is 0.363 e. The molecule has 0 aliphatic heterocycles. The van der Waals surface area contributed by atoms with Crippen molar-refractivity contribution in [3.8, 4) is 16.5 Å². The topological polar surface area (TPSA) is 86.1 Å². The molecule has 1 aromatic carbocycles. The second-order valence-corrected chi connectivity index (χ2v) is 8.92. The Balaban J connectivity index is 1.92. The Morgan fingerprint density at radius 2 is 1.93 bits per heavy atom. The summed E-state index contributed by atoms with van der Waals surface area (Å²) < 4.78 is 28.1. The fraction of sp³-hybridized carbons (Fsp3) is 0.158. The highest BCUT2D eigenvalue weighted by atomic mass is 32.2. The molecule has 138 valence electrons. The van der Waals surface area contributed by atoms with Gasteiger partial charge in [-0.1, -0.05) is 12.1 Å². The predicted octanol–water partition coefficient (Wildman–Crippen LogP) is 3.86. The van der Waals surface area contributed by atoms with Gasteiger partial charge < -0.3 is 4.90 Å². The van der Waals surface area contributed by atoms with Crippen LogP contribution >= 0.6 is 11.3 Å². The van der Waals surface area contributed by atoms with Gasteiger partial charge in [-0.05, 0) is 48.4 Å². The van der Waals surface area contributed by atoms with Gasteiger partial charge in [0, 0.05) is 25.2 Å². The van der Waals surface area contributed by atoms with Crippen molar-refractivity contribution in [2.45, 2.75) is 11.8 Å². The van der Waals surface area contributed by atoms with Gasteiger partial charge in [-0.25, -0.2) is 13.4 Å². The number of aryl methyl sites for hydroxylation is 1. The summed E-state index contributed by atoms with van der Waals surface area (Å²) in [7, 11) is -0.0783. The smallest absolute Gasteiger partial charge is 0.263 e. The van der Waals surface area contributed by atoms with Crippen molar-refractivity contribution in [3.05, 3.63) is 59.1 Å². The monoisotopic (exact) mass is 398 g/mol. The lowest BCUT2D eigenvalue weighted by atomic mass is 10.1. The number of pyridine rings is 1. The second kappa shape index (κ2) is 7.39. The van der Waals surface area contributed by atoms with Gasteiger partial charge in [0.15, 0.2) is 0 Å². The van der Waals surface area contributed by atoms with E-state index in [9.17, 15) is 8.42 Å². The summed E-state index contributed by atoms with van der Waals surface area (Å²) in [6.45, 7) is 1.84. The number of hydrogen-bond acceptors (Lipinski definition) is 6. The van der Waals surface area contributed by atoms with Crippen molar-refractivity contribution < 1.29 is 8.42 Å². The number of aromatic nitrogens is 1. The van der Waals surface area contributed by atoms with Crippen molar-refractivity contribution in [2.75, 3.05) is 23.7 Å². The van der Waals surface area contributed by atoms with Crippen LogP contribution in [0.4, 0.5) is 11.5 Å². The van der Waals surface area contributed by atoms with E-state index < -0.39 is 10.0 Å². The van der Waals surface area contributed by atoms with Crippen LogP contribution in [0.1, 0.15) is 10.4 Å². The molecule has 6 nitrogen and oxygen atoms in total. The van der Waals surface area contributed by atoms with Crippen molar-refractivity contribution in [1.82, 2.24) is 4.98 Å². The molecule has 0 saturated heterocycles.